The minimum Gasteiger partial charge on any atom is -0.497 e. The number of hydrogen-bond donors (Lipinski definition) is 1. The summed E-state index contributed by atoms with van der Waals surface area (Å²) in [5, 5.41) is 18.1. The van der Waals surface area contributed by atoms with Crippen molar-refractivity contribution in [1.29, 1.82) is 5.26 Å². The molecule has 4 rings (SSSR count). The predicted octanol–water partition coefficient (Wildman–Crippen LogP) is 6.89. The van der Waals surface area contributed by atoms with Crippen molar-refractivity contribution in [2.75, 3.05) is 19.1 Å². The van der Waals surface area contributed by atoms with Crippen LogP contribution in [-0.4, -0.2) is 25.3 Å². The van der Waals surface area contributed by atoms with Gasteiger partial charge in [0.25, 0.3) is 0 Å². The molecule has 0 atom stereocenters. The van der Waals surface area contributed by atoms with Crippen molar-refractivity contribution in [2.45, 2.75) is 0 Å². The summed E-state index contributed by atoms with van der Waals surface area (Å²) < 4.78 is 10.6. The van der Waals surface area contributed by atoms with Crippen molar-refractivity contribution >= 4 is 40.4 Å². The Kier molecular flexibility index (Phi) is 7.15. The number of nitriles is 1. The molecule has 7 heteroatoms. The minimum absolute atomic E-state index is 0.289. The molecule has 0 fully saturated rings. The van der Waals surface area contributed by atoms with E-state index >= 15 is 0 Å². The van der Waals surface area contributed by atoms with Crippen LogP contribution < -0.4 is 14.4 Å². The number of hydrogen-bond acceptors (Lipinski definition) is 6. The Labute approximate surface area is 207 Å². The second kappa shape index (κ2) is 10.6. The first-order valence-corrected chi connectivity index (χ1v) is 11.5. The third-order valence-corrected chi connectivity index (χ3v) is 6.42. The van der Waals surface area contributed by atoms with Crippen LogP contribution in [0.5, 0.6) is 11.5 Å². The molecule has 174 valence electrons. The number of nitrogens with zero attached hydrogens (tertiary/aromatic N) is 2. The van der Waals surface area contributed by atoms with Gasteiger partial charge >= 0.3 is 5.97 Å². The predicted molar refractivity (Wildman–Crippen MR) is 139 cm³/mol. The monoisotopic (exact) mass is 482 g/mol. The molecule has 0 aliphatic heterocycles. The molecule has 0 radical (unpaired) electrons. The molecule has 0 saturated heterocycles. The molecule has 35 heavy (non-hydrogen) atoms. The lowest BCUT2D eigenvalue weighted by Gasteiger charge is -2.26. The van der Waals surface area contributed by atoms with Gasteiger partial charge in [-0.3, -0.25) is 0 Å². The molecule has 0 saturated carbocycles. The Bertz CT molecular complexity index is 1340. The van der Waals surface area contributed by atoms with Gasteiger partial charge in [0.05, 0.1) is 14.2 Å². The number of anilines is 3. The summed E-state index contributed by atoms with van der Waals surface area (Å²) in [5.74, 6) is 0.330. The highest BCUT2D eigenvalue weighted by Gasteiger charge is 2.14. The largest absolute Gasteiger partial charge is 0.497 e. The van der Waals surface area contributed by atoms with Gasteiger partial charge in [0.2, 0.25) is 0 Å². The molecule has 6 nitrogen and oxygen atoms in total. The van der Waals surface area contributed by atoms with Gasteiger partial charge < -0.3 is 19.5 Å². The molecule has 0 unspecified atom stereocenters. The highest BCUT2D eigenvalue weighted by molar-refractivity contribution is 7.16. The molecule has 4 aromatic rings. The summed E-state index contributed by atoms with van der Waals surface area (Å²) >= 11 is 1.43. The maximum absolute atomic E-state index is 11.1. The molecule has 0 amide bonds. The zero-order chi connectivity index (χ0) is 24.8. The van der Waals surface area contributed by atoms with E-state index in [0.29, 0.717) is 4.88 Å². The first-order valence-electron chi connectivity index (χ1n) is 10.7. The van der Waals surface area contributed by atoms with Crippen LogP contribution in [0, 0.1) is 11.3 Å². The summed E-state index contributed by atoms with van der Waals surface area (Å²) in [6.45, 7) is 0. The Morgan fingerprint density at radius 2 is 1.31 bits per heavy atom. The molecule has 0 spiro atoms. The second-order valence-corrected chi connectivity index (χ2v) is 8.57. The van der Waals surface area contributed by atoms with Crippen LogP contribution in [0.4, 0.5) is 17.1 Å². The van der Waals surface area contributed by atoms with Gasteiger partial charge in [-0.05, 0) is 84.4 Å². The average molecular weight is 483 g/mol. The highest BCUT2D eigenvalue weighted by Crippen LogP contribution is 2.38. The number of rotatable bonds is 8. The van der Waals surface area contributed by atoms with Crippen molar-refractivity contribution in [2.24, 2.45) is 0 Å². The van der Waals surface area contributed by atoms with Crippen molar-refractivity contribution in [1.82, 2.24) is 0 Å². The number of carboxylic acid groups (broad SMARTS) is 1. The summed E-state index contributed by atoms with van der Waals surface area (Å²) in [7, 11) is 3.28. The number of carboxylic acids is 1. The Morgan fingerprint density at radius 3 is 1.74 bits per heavy atom. The van der Waals surface area contributed by atoms with E-state index in [-0.39, 0.29) is 5.57 Å². The molecular weight excluding hydrogens is 460 g/mol. The van der Waals surface area contributed by atoms with Gasteiger partial charge in [-0.2, -0.15) is 5.26 Å². The number of carbonyl (C=O) groups is 1. The first-order chi connectivity index (χ1) is 17.0. The van der Waals surface area contributed by atoms with E-state index in [4.69, 9.17) is 19.8 Å². The molecule has 1 aromatic heterocycles. The van der Waals surface area contributed by atoms with Gasteiger partial charge in [0.1, 0.15) is 23.1 Å². The van der Waals surface area contributed by atoms with E-state index in [1.54, 1.807) is 20.3 Å². The number of benzene rings is 3. The lowest BCUT2D eigenvalue weighted by molar-refractivity contribution is -0.132. The fraction of sp³-hybridized carbons (Fsp3) is 0.0714. The molecule has 0 aliphatic carbocycles. The Morgan fingerprint density at radius 1 is 0.829 bits per heavy atom. The maximum Gasteiger partial charge on any atom is 0.346 e. The number of ether oxygens (including phenoxy) is 2. The molecule has 3 aromatic carbocycles. The SMILES string of the molecule is COc1ccc(N(c2ccc(OC)cc2)c2ccc(-c3ccc(/C=C(/C#N)C(=O)O)s3)cc2)cc1. The van der Waals surface area contributed by atoms with Crippen LogP contribution in [0.1, 0.15) is 4.88 Å². The van der Waals surface area contributed by atoms with Crippen LogP contribution in [0.15, 0.2) is 90.5 Å². The maximum atomic E-state index is 11.1. The highest BCUT2D eigenvalue weighted by atomic mass is 32.1. The van der Waals surface area contributed by atoms with E-state index < -0.39 is 5.97 Å². The second-order valence-electron chi connectivity index (χ2n) is 7.46. The van der Waals surface area contributed by atoms with Gasteiger partial charge in [0, 0.05) is 26.8 Å². The first kappa shape index (κ1) is 23.6. The number of thiophene rings is 1. The van der Waals surface area contributed by atoms with Crippen molar-refractivity contribution in [3.05, 3.63) is 95.4 Å². The Balaban J connectivity index is 1.67. The lowest BCUT2D eigenvalue weighted by Crippen LogP contribution is -2.09. The van der Waals surface area contributed by atoms with Gasteiger partial charge in [-0.1, -0.05) is 12.1 Å². The van der Waals surface area contributed by atoms with Gasteiger partial charge in [-0.15, -0.1) is 11.3 Å². The van der Waals surface area contributed by atoms with Crippen LogP contribution in [0.25, 0.3) is 16.5 Å². The number of aliphatic carboxylic acids is 1. The van der Waals surface area contributed by atoms with E-state index in [2.05, 4.69) is 4.90 Å². The third-order valence-electron chi connectivity index (χ3n) is 5.34. The molecule has 1 N–H and O–H groups in total. The topological polar surface area (TPSA) is 82.8 Å². The van der Waals surface area contributed by atoms with E-state index in [9.17, 15) is 4.79 Å². The van der Waals surface area contributed by atoms with E-state index in [0.717, 1.165) is 39.0 Å². The summed E-state index contributed by atoms with van der Waals surface area (Å²) in [5.41, 5.74) is 3.63. The average Bonchev–Trinajstić information content (AvgIpc) is 3.37. The summed E-state index contributed by atoms with van der Waals surface area (Å²) in [6, 6.07) is 29.3. The zero-order valence-electron chi connectivity index (χ0n) is 19.1. The molecule has 0 bridgehead atoms. The Hall–Kier alpha value is -4.54. The van der Waals surface area contributed by atoms with Gasteiger partial charge in [-0.25, -0.2) is 4.79 Å². The molecule has 1 heterocycles. The molecular formula is C28H22N2O4S. The lowest BCUT2D eigenvalue weighted by atomic mass is 10.1. The zero-order valence-corrected chi connectivity index (χ0v) is 20.0. The van der Waals surface area contributed by atoms with Crippen LogP contribution >= 0.6 is 11.3 Å². The fourth-order valence-corrected chi connectivity index (χ4v) is 4.51. The smallest absolute Gasteiger partial charge is 0.346 e. The van der Waals surface area contributed by atoms with Crippen LogP contribution in [-0.2, 0) is 4.79 Å². The third kappa shape index (κ3) is 5.35. The van der Waals surface area contributed by atoms with Crippen molar-refractivity contribution in [3.63, 3.8) is 0 Å². The van der Waals surface area contributed by atoms with Gasteiger partial charge in [0.15, 0.2) is 0 Å². The normalized spacial score (nSPS) is 10.9. The molecule has 0 aliphatic rings. The fourth-order valence-electron chi connectivity index (χ4n) is 3.55. The summed E-state index contributed by atoms with van der Waals surface area (Å²) in [6.07, 6.45) is 1.39. The standard InChI is InChI=1S/C28H22N2O4S/c1-33-24-11-7-22(8-12-24)30(23-9-13-25(34-2)14-10-23)21-5-3-19(4-6-21)27-16-15-26(35-27)17-20(18-29)28(31)32/h3-17H,1-2H3,(H,31,32)/b20-17-. The van der Waals surface area contributed by atoms with Crippen LogP contribution in [0.2, 0.25) is 0 Å². The number of methoxy groups -OCH3 is 2. The summed E-state index contributed by atoms with van der Waals surface area (Å²) in [4.78, 5) is 14.9. The van der Waals surface area contributed by atoms with Crippen molar-refractivity contribution in [3.8, 4) is 28.0 Å². The minimum atomic E-state index is -1.23. The van der Waals surface area contributed by atoms with Crippen molar-refractivity contribution < 1.29 is 19.4 Å². The van der Waals surface area contributed by atoms with E-state index in [1.807, 2.05) is 84.9 Å². The quantitative estimate of drug-likeness (QED) is 0.217. The van der Waals surface area contributed by atoms with Crippen LogP contribution in [0.3, 0.4) is 0 Å². The van der Waals surface area contributed by atoms with E-state index in [1.165, 1.54) is 17.4 Å².